The molecule has 0 fully saturated rings. The Bertz CT molecular complexity index is 3380. The summed E-state index contributed by atoms with van der Waals surface area (Å²) in [4.78, 5) is 14.7. The molecule has 0 aliphatic heterocycles. The van der Waals surface area contributed by atoms with Gasteiger partial charge in [0.2, 0.25) is 0 Å². The monoisotopic (exact) mass is 675 g/mol. The smallest absolute Gasteiger partial charge is 0.164 e. The highest BCUT2D eigenvalue weighted by Crippen LogP contribution is 2.42. The fourth-order valence-electron chi connectivity index (χ4n) is 7.30. The second-order valence-corrected chi connectivity index (χ2v) is 13.5. The van der Waals surface area contributed by atoms with Crippen molar-refractivity contribution in [3.05, 3.63) is 158 Å². The number of para-hydroxylation sites is 3. The second-order valence-electron chi connectivity index (χ2n) is 12.4. The largest absolute Gasteiger partial charge is 0.456 e. The lowest BCUT2D eigenvalue weighted by Gasteiger charge is -2.10. The highest BCUT2D eigenvalue weighted by atomic mass is 32.1. The third-order valence-electron chi connectivity index (χ3n) is 9.56. The maximum Gasteiger partial charge on any atom is 0.164 e. The molecule has 4 aromatic heterocycles. The predicted octanol–water partition coefficient (Wildman–Crippen LogP) is 12.2. The summed E-state index contributed by atoms with van der Waals surface area (Å²) in [5, 5.41) is 6.31. The van der Waals surface area contributed by atoms with Gasteiger partial charge in [-0.3, -0.25) is 0 Å². The zero-order chi connectivity index (χ0) is 37.8. The molecule has 0 saturated carbocycles. The highest BCUT2D eigenvalue weighted by Gasteiger charge is 2.19. The first kappa shape index (κ1) is 23.7. The summed E-state index contributed by atoms with van der Waals surface area (Å²) in [6.45, 7) is 0. The Kier molecular flexibility index (Phi) is 5.08. The lowest BCUT2D eigenvalue weighted by molar-refractivity contribution is 0.669. The van der Waals surface area contributed by atoms with Gasteiger partial charge in [-0.25, -0.2) is 15.0 Å². The van der Waals surface area contributed by atoms with E-state index in [2.05, 4.69) is 77.4 Å². The topological polar surface area (TPSA) is 56.7 Å². The number of rotatable bonds is 4. The van der Waals surface area contributed by atoms with Crippen molar-refractivity contribution in [2.45, 2.75) is 0 Å². The minimum atomic E-state index is -0.483. The van der Waals surface area contributed by atoms with Gasteiger partial charge in [0.1, 0.15) is 11.2 Å². The van der Waals surface area contributed by atoms with E-state index in [1.165, 1.54) is 10.8 Å². The Morgan fingerprint density at radius 2 is 1.18 bits per heavy atom. The van der Waals surface area contributed by atoms with Crippen LogP contribution in [0, 0.1) is 0 Å². The summed E-state index contributed by atoms with van der Waals surface area (Å²) in [5.74, 6) is 0.583. The van der Waals surface area contributed by atoms with Crippen LogP contribution in [0.1, 0.15) is 6.85 Å². The molecule has 0 aliphatic rings. The van der Waals surface area contributed by atoms with Crippen molar-refractivity contribution in [1.82, 2.24) is 19.5 Å². The number of hydrogen-bond acceptors (Lipinski definition) is 5. The van der Waals surface area contributed by atoms with Crippen LogP contribution in [0.2, 0.25) is 0 Å². The van der Waals surface area contributed by atoms with E-state index >= 15 is 0 Å². The number of hydrogen-bond donors (Lipinski definition) is 0. The number of furan rings is 1. The molecule has 0 unspecified atom stereocenters. The molecule has 5 nitrogen and oxygen atoms in total. The third kappa shape index (κ3) is 4.37. The molecule has 0 N–H and O–H groups in total. The summed E-state index contributed by atoms with van der Waals surface area (Å²) >= 11 is 1.68. The van der Waals surface area contributed by atoms with Crippen molar-refractivity contribution >= 4 is 75.3 Å². The molecule has 7 aromatic carbocycles. The van der Waals surface area contributed by atoms with Crippen molar-refractivity contribution < 1.29 is 11.3 Å². The van der Waals surface area contributed by atoms with E-state index in [0.717, 1.165) is 58.8 Å². The lowest BCUT2D eigenvalue weighted by atomic mass is 10.0. The van der Waals surface area contributed by atoms with Gasteiger partial charge in [-0.15, -0.1) is 11.3 Å². The predicted molar refractivity (Wildman–Crippen MR) is 211 cm³/mol. The summed E-state index contributed by atoms with van der Waals surface area (Å²) < 4.78 is 53.2. The molecule has 0 atom stereocenters. The van der Waals surface area contributed by atoms with Crippen LogP contribution < -0.4 is 0 Å². The minimum Gasteiger partial charge on any atom is -0.456 e. The maximum absolute atomic E-state index is 8.80. The molecule has 238 valence electrons. The zero-order valence-corrected chi connectivity index (χ0v) is 27.5. The molecule has 0 aliphatic carbocycles. The van der Waals surface area contributed by atoms with E-state index in [1.807, 2.05) is 54.6 Å². The molecule has 6 heteroatoms. The first-order valence-electron chi connectivity index (χ1n) is 19.0. The number of aromatic nitrogens is 4. The number of nitrogens with zero attached hydrogens (tertiary/aromatic N) is 4. The summed E-state index contributed by atoms with van der Waals surface area (Å²) in [6.07, 6.45) is 0. The van der Waals surface area contributed by atoms with Crippen LogP contribution in [0.4, 0.5) is 0 Å². The van der Waals surface area contributed by atoms with Gasteiger partial charge in [0, 0.05) is 64.1 Å². The first-order chi connectivity index (χ1) is 27.3. The van der Waals surface area contributed by atoms with Gasteiger partial charge in [0.15, 0.2) is 17.5 Å². The van der Waals surface area contributed by atoms with E-state index < -0.39 is 18.1 Å². The molecular weight excluding hydrogens is 645 g/mol. The van der Waals surface area contributed by atoms with Crippen LogP contribution in [0.3, 0.4) is 0 Å². The molecule has 4 heterocycles. The molecule has 11 aromatic rings. The van der Waals surface area contributed by atoms with Crippen LogP contribution in [0.15, 0.2) is 162 Å². The van der Waals surface area contributed by atoms with Gasteiger partial charge in [-0.1, -0.05) is 109 Å². The molecule has 0 bridgehead atoms. The van der Waals surface area contributed by atoms with Crippen LogP contribution in [0.25, 0.3) is 104 Å². The normalized spacial score (nSPS) is 13.3. The Balaban J connectivity index is 1.14. The maximum atomic E-state index is 8.80. The van der Waals surface area contributed by atoms with Crippen molar-refractivity contribution in [3.8, 4) is 39.9 Å². The Morgan fingerprint density at radius 3 is 1.98 bits per heavy atom. The van der Waals surface area contributed by atoms with E-state index in [1.54, 1.807) is 11.3 Å². The molecule has 0 spiro atoms. The molecule has 11 rings (SSSR count). The van der Waals surface area contributed by atoms with Crippen LogP contribution in [-0.4, -0.2) is 19.5 Å². The fourth-order valence-corrected chi connectivity index (χ4v) is 8.47. The number of thiophene rings is 1. The van der Waals surface area contributed by atoms with Crippen LogP contribution in [0.5, 0.6) is 0 Å². The van der Waals surface area contributed by atoms with E-state index in [4.69, 9.17) is 26.2 Å². The van der Waals surface area contributed by atoms with E-state index in [-0.39, 0.29) is 29.3 Å². The molecular formula is C45H26N4OS. The SMILES string of the molecule is [2H]c1c([2H])c([2H])c(-c2nc(-c3ccc4c(c3)oc3ccccc34)nc(-c3cccc4sc5cc(-n6c7ccccc7c7ccccc76)ccc5c34)n2)c([2H])c1[2H]. The van der Waals surface area contributed by atoms with Gasteiger partial charge in [0.25, 0.3) is 0 Å². The zero-order valence-electron chi connectivity index (χ0n) is 31.7. The van der Waals surface area contributed by atoms with E-state index in [0.29, 0.717) is 17.0 Å². The molecule has 0 amide bonds. The van der Waals surface area contributed by atoms with Gasteiger partial charge >= 0.3 is 0 Å². The highest BCUT2D eigenvalue weighted by molar-refractivity contribution is 7.26. The van der Waals surface area contributed by atoms with Crippen molar-refractivity contribution in [1.29, 1.82) is 0 Å². The van der Waals surface area contributed by atoms with Crippen LogP contribution in [-0.2, 0) is 0 Å². The lowest BCUT2D eigenvalue weighted by Crippen LogP contribution is -2.00. The third-order valence-corrected chi connectivity index (χ3v) is 10.7. The Morgan fingerprint density at radius 1 is 0.510 bits per heavy atom. The Labute approximate surface area is 302 Å². The molecule has 51 heavy (non-hydrogen) atoms. The minimum absolute atomic E-state index is 0.0168. The van der Waals surface area contributed by atoms with Crippen molar-refractivity contribution in [2.24, 2.45) is 0 Å². The quantitative estimate of drug-likeness (QED) is 0.186. The second kappa shape index (κ2) is 10.9. The van der Waals surface area contributed by atoms with Gasteiger partial charge in [-0.05, 0) is 48.5 Å². The number of fused-ring (bicyclic) bond motifs is 9. The first-order valence-corrected chi connectivity index (χ1v) is 17.3. The average Bonchev–Trinajstić information content (AvgIpc) is 3.91. The van der Waals surface area contributed by atoms with Gasteiger partial charge in [-0.2, -0.15) is 0 Å². The summed E-state index contributed by atoms with van der Waals surface area (Å²) in [7, 11) is 0. The van der Waals surface area contributed by atoms with E-state index in [9.17, 15) is 0 Å². The van der Waals surface area contributed by atoms with Crippen molar-refractivity contribution in [3.63, 3.8) is 0 Å². The van der Waals surface area contributed by atoms with Crippen molar-refractivity contribution in [2.75, 3.05) is 0 Å². The average molecular weight is 676 g/mol. The fraction of sp³-hybridized carbons (Fsp3) is 0. The van der Waals surface area contributed by atoms with Gasteiger partial charge < -0.3 is 8.98 Å². The summed E-state index contributed by atoms with van der Waals surface area (Å²) in [6, 6.07) is 40.8. The molecule has 0 saturated heterocycles. The summed E-state index contributed by atoms with van der Waals surface area (Å²) in [5.41, 5.74) is 6.00. The molecule has 0 radical (unpaired) electrons. The standard InChI is InChI=1S/C45H26N4OS/c1-2-11-27(12-3-1)43-46-44(28-21-23-33-32-15-6-9-19-38(32)50-39(33)25-28)48-45(47-43)35-16-10-20-40-42(35)34-24-22-29(26-41(34)51-40)49-36-17-7-4-13-30(36)31-14-5-8-18-37(31)49/h1-26H/i1D,2D,3D,11D,12D. The Hall–Kier alpha value is -6.63. The van der Waals surface area contributed by atoms with Gasteiger partial charge in [0.05, 0.1) is 17.9 Å². The van der Waals surface area contributed by atoms with Crippen LogP contribution >= 0.6 is 11.3 Å². The number of benzene rings is 7.